The van der Waals surface area contributed by atoms with Crippen LogP contribution in [0.2, 0.25) is 0 Å². The molecule has 1 aromatic heterocycles. The molecule has 0 saturated carbocycles. The lowest BCUT2D eigenvalue weighted by Crippen LogP contribution is -2.36. The summed E-state index contributed by atoms with van der Waals surface area (Å²) in [5, 5.41) is 2.22. The third-order valence-corrected chi connectivity index (χ3v) is 4.35. The summed E-state index contributed by atoms with van der Waals surface area (Å²) in [4.78, 5) is 41.9. The standard InChI is InChI=1S/C18H15N3O3S/c1-12-5-4-7-14(9-12)20-16(22)11-21-17(23)15(25-18(21)24)10-13-6-2-3-8-19-13/h2-10H,11H2,1H3,(H,20,22)/b15-10-. The van der Waals surface area contributed by atoms with E-state index in [1.807, 2.05) is 25.1 Å². The van der Waals surface area contributed by atoms with Crippen molar-refractivity contribution < 1.29 is 14.4 Å². The number of aromatic nitrogens is 1. The van der Waals surface area contributed by atoms with E-state index in [1.165, 1.54) is 0 Å². The molecule has 0 spiro atoms. The number of nitrogens with zero attached hydrogens (tertiary/aromatic N) is 2. The average Bonchev–Trinajstić information content (AvgIpc) is 2.83. The molecule has 0 unspecified atom stereocenters. The van der Waals surface area contributed by atoms with Crippen molar-refractivity contribution in [3.63, 3.8) is 0 Å². The van der Waals surface area contributed by atoms with E-state index in [2.05, 4.69) is 10.3 Å². The van der Waals surface area contributed by atoms with Gasteiger partial charge in [0.15, 0.2) is 0 Å². The molecule has 7 heteroatoms. The number of hydrogen-bond donors (Lipinski definition) is 1. The first-order chi connectivity index (χ1) is 12.0. The topological polar surface area (TPSA) is 79.4 Å². The molecular weight excluding hydrogens is 338 g/mol. The van der Waals surface area contributed by atoms with Crippen LogP contribution in [0.1, 0.15) is 11.3 Å². The summed E-state index contributed by atoms with van der Waals surface area (Å²) in [6.07, 6.45) is 3.15. The zero-order valence-electron chi connectivity index (χ0n) is 13.4. The second-order valence-electron chi connectivity index (χ2n) is 5.44. The minimum Gasteiger partial charge on any atom is -0.325 e. The van der Waals surface area contributed by atoms with Gasteiger partial charge in [0.25, 0.3) is 11.1 Å². The quantitative estimate of drug-likeness (QED) is 0.855. The third-order valence-electron chi connectivity index (χ3n) is 3.44. The van der Waals surface area contributed by atoms with Crippen molar-refractivity contribution in [2.75, 3.05) is 11.9 Å². The number of anilines is 1. The van der Waals surface area contributed by atoms with Crippen LogP contribution in [0, 0.1) is 6.92 Å². The summed E-state index contributed by atoms with van der Waals surface area (Å²) in [6.45, 7) is 1.59. The summed E-state index contributed by atoms with van der Waals surface area (Å²) in [5.74, 6) is -0.910. The van der Waals surface area contributed by atoms with Crippen LogP contribution in [0.25, 0.3) is 6.08 Å². The Hall–Kier alpha value is -2.93. The van der Waals surface area contributed by atoms with E-state index in [9.17, 15) is 14.4 Å². The fraction of sp³-hybridized carbons (Fsp3) is 0.111. The second-order valence-corrected chi connectivity index (χ2v) is 6.43. The van der Waals surface area contributed by atoms with Gasteiger partial charge in [-0.25, -0.2) is 0 Å². The Morgan fingerprint density at radius 1 is 1.24 bits per heavy atom. The highest BCUT2D eigenvalue weighted by atomic mass is 32.2. The second kappa shape index (κ2) is 7.31. The zero-order chi connectivity index (χ0) is 17.8. The Labute approximate surface area is 148 Å². The van der Waals surface area contributed by atoms with Crippen LogP contribution in [0.4, 0.5) is 10.5 Å². The molecular formula is C18H15N3O3S. The number of amides is 3. The SMILES string of the molecule is Cc1cccc(NC(=O)CN2C(=O)S/C(=C\c3ccccn3)C2=O)c1. The number of carbonyl (C=O) groups is 3. The van der Waals surface area contributed by atoms with E-state index in [4.69, 9.17) is 0 Å². The number of pyridine rings is 1. The maximum atomic E-state index is 12.4. The van der Waals surface area contributed by atoms with E-state index in [0.29, 0.717) is 11.4 Å². The van der Waals surface area contributed by atoms with Crippen LogP contribution in [-0.4, -0.2) is 33.5 Å². The van der Waals surface area contributed by atoms with Crippen LogP contribution in [0.5, 0.6) is 0 Å². The van der Waals surface area contributed by atoms with Gasteiger partial charge in [0.1, 0.15) is 6.54 Å². The summed E-state index contributed by atoms with van der Waals surface area (Å²) in [6, 6.07) is 12.6. The van der Waals surface area contributed by atoms with Crippen molar-refractivity contribution in [3.05, 3.63) is 64.8 Å². The Morgan fingerprint density at radius 2 is 2.08 bits per heavy atom. The van der Waals surface area contributed by atoms with E-state index in [0.717, 1.165) is 22.2 Å². The predicted molar refractivity (Wildman–Crippen MR) is 96.7 cm³/mol. The molecule has 6 nitrogen and oxygen atoms in total. The summed E-state index contributed by atoms with van der Waals surface area (Å²) in [5.41, 5.74) is 2.21. The van der Waals surface area contributed by atoms with E-state index in [-0.39, 0.29) is 11.4 Å². The number of aryl methyl sites for hydroxylation is 1. The smallest absolute Gasteiger partial charge is 0.294 e. The molecule has 0 aliphatic carbocycles. The Balaban J connectivity index is 1.68. The first kappa shape index (κ1) is 16.9. The monoisotopic (exact) mass is 353 g/mol. The highest BCUT2D eigenvalue weighted by Crippen LogP contribution is 2.31. The maximum absolute atomic E-state index is 12.4. The molecule has 3 rings (SSSR count). The molecule has 1 aromatic carbocycles. The molecule has 1 N–H and O–H groups in total. The van der Waals surface area contributed by atoms with Crippen LogP contribution in [0.3, 0.4) is 0 Å². The number of thioether (sulfide) groups is 1. The fourth-order valence-corrected chi connectivity index (χ4v) is 3.12. The van der Waals surface area contributed by atoms with Gasteiger partial charge in [0, 0.05) is 11.9 Å². The van der Waals surface area contributed by atoms with Crippen molar-refractivity contribution >= 4 is 40.6 Å². The molecule has 1 saturated heterocycles. The first-order valence-corrected chi connectivity index (χ1v) is 8.37. The molecule has 2 heterocycles. The number of carbonyl (C=O) groups excluding carboxylic acids is 3. The molecule has 2 aromatic rings. The lowest BCUT2D eigenvalue weighted by atomic mass is 10.2. The van der Waals surface area contributed by atoms with Crippen LogP contribution in [-0.2, 0) is 9.59 Å². The van der Waals surface area contributed by atoms with Crippen LogP contribution in [0.15, 0.2) is 53.6 Å². The Morgan fingerprint density at radius 3 is 2.80 bits per heavy atom. The summed E-state index contributed by atoms with van der Waals surface area (Å²) >= 11 is 0.806. The lowest BCUT2D eigenvalue weighted by Gasteiger charge is -2.12. The zero-order valence-corrected chi connectivity index (χ0v) is 14.2. The maximum Gasteiger partial charge on any atom is 0.294 e. The van der Waals surface area contributed by atoms with E-state index < -0.39 is 17.1 Å². The number of hydrogen-bond acceptors (Lipinski definition) is 5. The first-order valence-electron chi connectivity index (χ1n) is 7.56. The van der Waals surface area contributed by atoms with Crippen molar-refractivity contribution in [2.24, 2.45) is 0 Å². The number of nitrogens with one attached hydrogen (secondary N) is 1. The minimum atomic E-state index is -0.486. The fourth-order valence-electron chi connectivity index (χ4n) is 2.30. The van der Waals surface area contributed by atoms with Crippen molar-refractivity contribution in [1.82, 2.24) is 9.88 Å². The van der Waals surface area contributed by atoms with Gasteiger partial charge in [0.05, 0.1) is 10.6 Å². The van der Waals surface area contributed by atoms with Gasteiger partial charge in [-0.3, -0.25) is 24.3 Å². The molecule has 0 atom stereocenters. The van der Waals surface area contributed by atoms with Crippen LogP contribution >= 0.6 is 11.8 Å². The van der Waals surface area contributed by atoms with Gasteiger partial charge in [-0.1, -0.05) is 18.2 Å². The molecule has 1 aliphatic rings. The minimum absolute atomic E-state index is 0.257. The van der Waals surface area contributed by atoms with Gasteiger partial charge in [-0.2, -0.15) is 0 Å². The lowest BCUT2D eigenvalue weighted by molar-refractivity contribution is -0.127. The van der Waals surface area contributed by atoms with Gasteiger partial charge >= 0.3 is 0 Å². The van der Waals surface area contributed by atoms with Gasteiger partial charge < -0.3 is 5.32 Å². The highest BCUT2D eigenvalue weighted by molar-refractivity contribution is 8.18. The molecule has 3 amide bonds. The highest BCUT2D eigenvalue weighted by Gasteiger charge is 2.36. The van der Waals surface area contributed by atoms with Crippen molar-refractivity contribution in [3.8, 4) is 0 Å². The number of benzene rings is 1. The Bertz CT molecular complexity index is 865. The van der Waals surface area contributed by atoms with Gasteiger partial charge in [-0.15, -0.1) is 0 Å². The molecule has 0 radical (unpaired) electrons. The van der Waals surface area contributed by atoms with Gasteiger partial charge in [-0.05, 0) is 54.6 Å². The average molecular weight is 353 g/mol. The Kier molecular flexibility index (Phi) is 4.95. The van der Waals surface area contributed by atoms with E-state index >= 15 is 0 Å². The molecule has 1 fully saturated rings. The van der Waals surface area contributed by atoms with Crippen molar-refractivity contribution in [1.29, 1.82) is 0 Å². The normalized spacial score (nSPS) is 15.7. The van der Waals surface area contributed by atoms with E-state index in [1.54, 1.807) is 36.5 Å². The molecule has 126 valence electrons. The number of imide groups is 1. The van der Waals surface area contributed by atoms with Crippen LogP contribution < -0.4 is 5.32 Å². The summed E-state index contributed by atoms with van der Waals surface area (Å²) < 4.78 is 0. The molecule has 1 aliphatic heterocycles. The largest absolute Gasteiger partial charge is 0.325 e. The third kappa shape index (κ3) is 4.13. The summed E-state index contributed by atoms with van der Waals surface area (Å²) in [7, 11) is 0. The number of rotatable bonds is 4. The molecule has 0 bridgehead atoms. The van der Waals surface area contributed by atoms with Gasteiger partial charge in [0.2, 0.25) is 5.91 Å². The predicted octanol–water partition coefficient (Wildman–Crippen LogP) is 3.07. The van der Waals surface area contributed by atoms with Crippen molar-refractivity contribution in [2.45, 2.75) is 6.92 Å². The molecule has 25 heavy (non-hydrogen) atoms.